The second-order valence-corrected chi connectivity index (χ2v) is 7.15. The number of benzene rings is 2. The molecule has 5 nitrogen and oxygen atoms in total. The van der Waals surface area contributed by atoms with Crippen LogP contribution in [0.3, 0.4) is 0 Å². The molecule has 1 saturated heterocycles. The summed E-state index contributed by atoms with van der Waals surface area (Å²) in [5.74, 6) is 0.980. The molecule has 1 fully saturated rings. The number of carbonyl (C=O) groups is 1. The molecule has 154 valence electrons. The smallest absolute Gasteiger partial charge is 0.264 e. The van der Waals surface area contributed by atoms with Crippen LogP contribution in [-0.4, -0.2) is 31.0 Å². The molecule has 0 unspecified atom stereocenters. The molecule has 0 aliphatic carbocycles. The Hall–Kier alpha value is -3.52. The lowest BCUT2D eigenvalue weighted by molar-refractivity contribution is -0.125. The number of amides is 1. The largest absolute Gasteiger partial charge is 0.493 e. The molecule has 3 rings (SSSR count). The fourth-order valence-corrected chi connectivity index (χ4v) is 3.52. The molecule has 0 saturated carbocycles. The first kappa shape index (κ1) is 21.2. The van der Waals surface area contributed by atoms with Gasteiger partial charge in [-0.25, -0.2) is 0 Å². The van der Waals surface area contributed by atoms with Gasteiger partial charge < -0.3 is 14.4 Å². The molecule has 0 atom stereocenters. The fourth-order valence-electron chi connectivity index (χ4n) is 3.52. The highest BCUT2D eigenvalue weighted by Gasteiger charge is 2.22. The zero-order valence-corrected chi connectivity index (χ0v) is 17.3. The maximum atomic E-state index is 12.6. The molecule has 30 heavy (non-hydrogen) atoms. The van der Waals surface area contributed by atoms with E-state index >= 15 is 0 Å². The molecule has 1 aliphatic rings. The van der Waals surface area contributed by atoms with Crippen LogP contribution in [0, 0.1) is 11.3 Å². The van der Waals surface area contributed by atoms with Crippen LogP contribution in [0.2, 0.25) is 0 Å². The molecular weight excluding hydrogens is 376 g/mol. The van der Waals surface area contributed by atoms with E-state index in [0.717, 1.165) is 29.5 Å². The number of rotatable bonds is 8. The minimum atomic E-state index is -0.219. The molecule has 1 aliphatic heterocycles. The van der Waals surface area contributed by atoms with Crippen molar-refractivity contribution in [3.63, 3.8) is 0 Å². The van der Waals surface area contributed by atoms with Gasteiger partial charge in [-0.2, -0.15) is 5.26 Å². The van der Waals surface area contributed by atoms with E-state index in [1.54, 1.807) is 30.2 Å². The van der Waals surface area contributed by atoms with Crippen LogP contribution in [0.15, 0.2) is 60.7 Å². The molecule has 2 aromatic rings. The van der Waals surface area contributed by atoms with Crippen molar-refractivity contribution >= 4 is 12.0 Å². The molecule has 0 N–H and O–H groups in total. The second-order valence-electron chi connectivity index (χ2n) is 7.15. The van der Waals surface area contributed by atoms with Gasteiger partial charge in [0, 0.05) is 18.7 Å². The molecule has 1 amide bonds. The number of likely N-dealkylation sites (tertiary alicyclic amines) is 1. The van der Waals surface area contributed by atoms with E-state index in [9.17, 15) is 10.1 Å². The summed E-state index contributed by atoms with van der Waals surface area (Å²) in [4.78, 5) is 14.4. The van der Waals surface area contributed by atoms with Crippen molar-refractivity contribution in [2.24, 2.45) is 0 Å². The monoisotopic (exact) mass is 402 g/mol. The number of carbonyl (C=O) groups excluding carboxylic acids is 1. The Balaban J connectivity index is 1.92. The van der Waals surface area contributed by atoms with E-state index in [4.69, 9.17) is 9.47 Å². The number of nitriles is 1. The highest BCUT2D eigenvalue weighted by molar-refractivity contribution is 6.01. The Labute approximate surface area is 177 Å². The van der Waals surface area contributed by atoms with Gasteiger partial charge in [0.05, 0.1) is 7.11 Å². The normalized spacial score (nSPS) is 13.6. The standard InChI is InChI=1S/C25H26N2O3/c1-3-9-21-14-20(15-22(17-26)25(28)27-12-7-8-13-27)16-23(29-2)24(21)30-18-19-10-5-4-6-11-19/h3-6,10-11,14-16H,1,7-9,12-13,18H2,2H3/b22-15+. The summed E-state index contributed by atoms with van der Waals surface area (Å²) in [5, 5.41) is 9.54. The number of hydrogen-bond donors (Lipinski definition) is 0. The van der Waals surface area contributed by atoms with Crippen LogP contribution in [0.5, 0.6) is 11.5 Å². The molecular formula is C25H26N2O3. The van der Waals surface area contributed by atoms with Gasteiger partial charge in [-0.3, -0.25) is 4.79 Å². The summed E-state index contributed by atoms with van der Waals surface area (Å²) in [5.41, 5.74) is 2.79. The third kappa shape index (κ3) is 5.09. The van der Waals surface area contributed by atoms with Gasteiger partial charge in [0.25, 0.3) is 5.91 Å². The molecule has 0 radical (unpaired) electrons. The SMILES string of the molecule is C=CCc1cc(/C=C(\C#N)C(=O)N2CCCC2)cc(OC)c1OCc1ccccc1. The van der Waals surface area contributed by atoms with Gasteiger partial charge >= 0.3 is 0 Å². The quantitative estimate of drug-likeness (QED) is 0.370. The molecule has 2 aromatic carbocycles. The van der Waals surface area contributed by atoms with Gasteiger partial charge in [0.15, 0.2) is 11.5 Å². The number of hydrogen-bond acceptors (Lipinski definition) is 4. The number of methoxy groups -OCH3 is 1. The number of nitrogens with zero attached hydrogens (tertiary/aromatic N) is 2. The van der Waals surface area contributed by atoms with E-state index < -0.39 is 0 Å². The van der Waals surface area contributed by atoms with Crippen molar-refractivity contribution in [1.29, 1.82) is 5.26 Å². The molecule has 0 spiro atoms. The summed E-state index contributed by atoms with van der Waals surface area (Å²) in [7, 11) is 1.58. The predicted molar refractivity (Wildman–Crippen MR) is 117 cm³/mol. The summed E-state index contributed by atoms with van der Waals surface area (Å²) in [6.45, 7) is 5.65. The van der Waals surface area contributed by atoms with Crippen LogP contribution in [0.4, 0.5) is 0 Å². The van der Waals surface area contributed by atoms with E-state index in [0.29, 0.717) is 37.6 Å². The van der Waals surface area contributed by atoms with E-state index in [-0.39, 0.29) is 11.5 Å². The zero-order chi connectivity index (χ0) is 21.3. The molecule has 0 aromatic heterocycles. The summed E-state index contributed by atoms with van der Waals surface area (Å²) in [6, 6.07) is 15.7. The Morgan fingerprint density at radius 2 is 1.97 bits per heavy atom. The first-order valence-electron chi connectivity index (χ1n) is 10.1. The predicted octanol–water partition coefficient (Wildman–Crippen LogP) is 4.53. The first-order valence-corrected chi connectivity index (χ1v) is 10.1. The lowest BCUT2D eigenvalue weighted by Crippen LogP contribution is -2.28. The molecule has 5 heteroatoms. The average Bonchev–Trinajstić information content (AvgIpc) is 3.32. The molecule has 1 heterocycles. The van der Waals surface area contributed by atoms with E-state index in [1.807, 2.05) is 36.4 Å². The van der Waals surface area contributed by atoms with Crippen molar-refractivity contribution in [2.75, 3.05) is 20.2 Å². The Morgan fingerprint density at radius 1 is 1.23 bits per heavy atom. The Morgan fingerprint density at radius 3 is 2.60 bits per heavy atom. The van der Waals surface area contributed by atoms with Crippen LogP contribution >= 0.6 is 0 Å². The van der Waals surface area contributed by atoms with Gasteiger partial charge in [0.1, 0.15) is 18.2 Å². The van der Waals surface area contributed by atoms with E-state index in [1.165, 1.54) is 0 Å². The maximum absolute atomic E-state index is 12.6. The van der Waals surface area contributed by atoms with Crippen LogP contribution in [-0.2, 0) is 17.8 Å². The van der Waals surface area contributed by atoms with Gasteiger partial charge in [-0.05, 0) is 48.6 Å². The zero-order valence-electron chi connectivity index (χ0n) is 17.3. The van der Waals surface area contributed by atoms with Crippen molar-refractivity contribution in [2.45, 2.75) is 25.9 Å². The third-order valence-corrected chi connectivity index (χ3v) is 5.02. The summed E-state index contributed by atoms with van der Waals surface area (Å²) >= 11 is 0. The van der Waals surface area contributed by atoms with Crippen molar-refractivity contribution in [1.82, 2.24) is 4.90 Å². The van der Waals surface area contributed by atoms with Crippen LogP contribution in [0.1, 0.15) is 29.5 Å². The van der Waals surface area contributed by atoms with Crippen LogP contribution < -0.4 is 9.47 Å². The van der Waals surface area contributed by atoms with Crippen molar-refractivity contribution in [3.8, 4) is 17.6 Å². The lowest BCUT2D eigenvalue weighted by Gasteiger charge is -2.17. The van der Waals surface area contributed by atoms with Gasteiger partial charge in [0.2, 0.25) is 0 Å². The van der Waals surface area contributed by atoms with Gasteiger partial charge in [-0.1, -0.05) is 36.4 Å². The summed E-state index contributed by atoms with van der Waals surface area (Å²) < 4.78 is 11.6. The average molecular weight is 402 g/mol. The first-order chi connectivity index (χ1) is 14.7. The lowest BCUT2D eigenvalue weighted by atomic mass is 10.0. The number of ether oxygens (including phenoxy) is 2. The minimum absolute atomic E-state index is 0.126. The third-order valence-electron chi connectivity index (χ3n) is 5.02. The second kappa shape index (κ2) is 10.3. The van der Waals surface area contributed by atoms with Crippen molar-refractivity contribution < 1.29 is 14.3 Å². The highest BCUT2D eigenvalue weighted by Crippen LogP contribution is 2.35. The minimum Gasteiger partial charge on any atom is -0.493 e. The van der Waals surface area contributed by atoms with Gasteiger partial charge in [-0.15, -0.1) is 6.58 Å². The number of allylic oxidation sites excluding steroid dienone is 1. The maximum Gasteiger partial charge on any atom is 0.264 e. The Kier molecular flexibility index (Phi) is 7.29. The Bertz CT molecular complexity index is 968. The molecule has 0 bridgehead atoms. The van der Waals surface area contributed by atoms with Crippen LogP contribution in [0.25, 0.3) is 6.08 Å². The van der Waals surface area contributed by atoms with E-state index in [2.05, 4.69) is 12.6 Å². The fraction of sp³-hybridized carbons (Fsp3) is 0.280. The summed E-state index contributed by atoms with van der Waals surface area (Å²) in [6.07, 6.45) is 5.95. The van der Waals surface area contributed by atoms with Crippen molar-refractivity contribution in [3.05, 3.63) is 77.4 Å². The topological polar surface area (TPSA) is 62.6 Å². The highest BCUT2D eigenvalue weighted by atomic mass is 16.5.